The molecule has 0 spiro atoms. The zero-order chi connectivity index (χ0) is 14.9. The first-order chi connectivity index (χ1) is 9.27. The van der Waals surface area contributed by atoms with E-state index >= 15 is 0 Å². The van der Waals surface area contributed by atoms with Crippen LogP contribution in [0.2, 0.25) is 5.02 Å². The molecule has 2 aromatic rings. The molecule has 0 aliphatic heterocycles. The Morgan fingerprint density at radius 3 is 2.70 bits per heavy atom. The van der Waals surface area contributed by atoms with Crippen LogP contribution in [0.3, 0.4) is 0 Å². The summed E-state index contributed by atoms with van der Waals surface area (Å²) in [6.45, 7) is 6.24. The monoisotopic (exact) mass is 310 g/mol. The van der Waals surface area contributed by atoms with Gasteiger partial charge in [0.25, 0.3) is 0 Å². The fraction of sp³-hybridized carbons (Fsp3) is 0.333. The van der Waals surface area contributed by atoms with Gasteiger partial charge in [-0.25, -0.2) is 9.37 Å². The maximum atomic E-state index is 13.9. The Labute approximate surface area is 128 Å². The van der Waals surface area contributed by atoms with Crippen molar-refractivity contribution < 1.29 is 4.39 Å². The standard InChI is InChI=1S/C15H16ClFN2S/c1-15(2,3)11-8-13(20)19-12(18-11)7-9-5-4-6-10(16)14(9)17/h4-6,8H,7H2,1-3H3,(H,18,19,20). The van der Waals surface area contributed by atoms with E-state index in [1.165, 1.54) is 6.07 Å². The minimum absolute atomic E-state index is 0.0713. The average molecular weight is 311 g/mol. The summed E-state index contributed by atoms with van der Waals surface area (Å²) in [6.07, 6.45) is 0.333. The molecule has 5 heteroatoms. The van der Waals surface area contributed by atoms with Crippen molar-refractivity contribution in [3.63, 3.8) is 0 Å². The molecule has 0 radical (unpaired) electrons. The molecule has 0 unspecified atom stereocenters. The predicted octanol–water partition coefficient (Wildman–Crippen LogP) is 4.82. The fourth-order valence-corrected chi connectivity index (χ4v) is 2.28. The normalized spacial score (nSPS) is 11.7. The number of aromatic amines is 1. The van der Waals surface area contributed by atoms with E-state index in [1.54, 1.807) is 12.1 Å². The largest absolute Gasteiger partial charge is 0.346 e. The molecule has 0 fully saturated rings. The second kappa shape index (κ2) is 5.62. The van der Waals surface area contributed by atoms with Gasteiger partial charge in [0, 0.05) is 17.5 Å². The van der Waals surface area contributed by atoms with Gasteiger partial charge in [0.05, 0.1) is 5.02 Å². The number of hydrogen-bond acceptors (Lipinski definition) is 2. The van der Waals surface area contributed by atoms with E-state index in [0.717, 1.165) is 5.69 Å². The van der Waals surface area contributed by atoms with Crippen LogP contribution in [0.25, 0.3) is 0 Å². The molecule has 0 amide bonds. The molecular weight excluding hydrogens is 295 g/mol. The van der Waals surface area contributed by atoms with E-state index in [2.05, 4.69) is 30.7 Å². The van der Waals surface area contributed by atoms with E-state index in [1.807, 2.05) is 6.07 Å². The Hall–Kier alpha value is -1.26. The Morgan fingerprint density at radius 1 is 1.35 bits per heavy atom. The number of H-pyrrole nitrogens is 1. The molecule has 1 heterocycles. The van der Waals surface area contributed by atoms with E-state index < -0.39 is 5.82 Å². The fourth-order valence-electron chi connectivity index (χ4n) is 1.86. The third kappa shape index (κ3) is 3.44. The van der Waals surface area contributed by atoms with E-state index in [0.29, 0.717) is 22.4 Å². The van der Waals surface area contributed by atoms with Crippen molar-refractivity contribution in [2.24, 2.45) is 0 Å². The molecule has 1 N–H and O–H groups in total. The summed E-state index contributed by atoms with van der Waals surface area (Å²) in [5, 5.41) is 0.119. The number of nitrogens with one attached hydrogen (secondary N) is 1. The van der Waals surface area contributed by atoms with E-state index in [-0.39, 0.29) is 10.4 Å². The SMILES string of the molecule is CC(C)(C)c1cc(=S)nc(Cc2cccc(Cl)c2F)[nH]1. The zero-order valence-electron chi connectivity index (χ0n) is 11.6. The van der Waals surface area contributed by atoms with Gasteiger partial charge < -0.3 is 4.98 Å². The zero-order valence-corrected chi connectivity index (χ0v) is 13.2. The van der Waals surface area contributed by atoms with E-state index in [9.17, 15) is 4.39 Å². The molecule has 1 aromatic carbocycles. The number of halogens is 2. The van der Waals surface area contributed by atoms with Gasteiger partial charge in [0.1, 0.15) is 16.3 Å². The first-order valence-corrected chi connectivity index (χ1v) is 7.09. The van der Waals surface area contributed by atoms with Crippen molar-refractivity contribution in [1.82, 2.24) is 9.97 Å². The number of hydrogen-bond donors (Lipinski definition) is 1. The second-order valence-corrected chi connectivity index (χ2v) is 6.54. The molecule has 20 heavy (non-hydrogen) atoms. The summed E-state index contributed by atoms with van der Waals surface area (Å²) in [5.41, 5.74) is 1.41. The molecule has 0 saturated carbocycles. The third-order valence-electron chi connectivity index (χ3n) is 2.99. The Morgan fingerprint density at radius 2 is 2.05 bits per heavy atom. The van der Waals surface area contributed by atoms with Crippen LogP contribution in [0.15, 0.2) is 24.3 Å². The van der Waals surface area contributed by atoms with Crippen LogP contribution in [0.4, 0.5) is 4.39 Å². The van der Waals surface area contributed by atoms with Crippen molar-refractivity contribution >= 4 is 23.8 Å². The summed E-state index contributed by atoms with van der Waals surface area (Å²) < 4.78 is 14.4. The summed E-state index contributed by atoms with van der Waals surface area (Å²) in [7, 11) is 0. The van der Waals surface area contributed by atoms with Crippen LogP contribution in [0.5, 0.6) is 0 Å². The lowest BCUT2D eigenvalue weighted by atomic mass is 9.92. The highest BCUT2D eigenvalue weighted by molar-refractivity contribution is 7.71. The minimum atomic E-state index is -0.406. The highest BCUT2D eigenvalue weighted by atomic mass is 35.5. The summed E-state index contributed by atoms with van der Waals surface area (Å²) >= 11 is 11.0. The van der Waals surface area contributed by atoms with Crippen LogP contribution < -0.4 is 0 Å². The van der Waals surface area contributed by atoms with Crippen molar-refractivity contribution in [3.8, 4) is 0 Å². The molecule has 0 aliphatic rings. The van der Waals surface area contributed by atoms with Crippen molar-refractivity contribution in [1.29, 1.82) is 0 Å². The quantitative estimate of drug-likeness (QED) is 0.806. The van der Waals surface area contributed by atoms with Gasteiger partial charge in [-0.1, -0.05) is 56.7 Å². The first kappa shape index (κ1) is 15.1. The third-order valence-corrected chi connectivity index (χ3v) is 3.49. The molecule has 0 bridgehead atoms. The van der Waals surface area contributed by atoms with Crippen LogP contribution in [-0.2, 0) is 11.8 Å². The molecule has 2 rings (SSSR count). The second-order valence-electron chi connectivity index (χ2n) is 5.72. The van der Waals surface area contributed by atoms with Crippen LogP contribution in [0, 0.1) is 10.5 Å². The molecule has 0 saturated heterocycles. The predicted molar refractivity (Wildman–Crippen MR) is 82.3 cm³/mol. The molecule has 0 aliphatic carbocycles. The molecule has 2 nitrogen and oxygen atoms in total. The highest BCUT2D eigenvalue weighted by Crippen LogP contribution is 2.22. The maximum absolute atomic E-state index is 13.9. The summed E-state index contributed by atoms with van der Waals surface area (Å²) in [5.74, 6) is 0.236. The van der Waals surface area contributed by atoms with Gasteiger partial charge >= 0.3 is 0 Å². The first-order valence-electron chi connectivity index (χ1n) is 6.31. The van der Waals surface area contributed by atoms with Gasteiger partial charge in [-0.2, -0.15) is 0 Å². The lowest BCUT2D eigenvalue weighted by Gasteiger charge is -2.19. The Kier molecular flexibility index (Phi) is 4.25. The lowest BCUT2D eigenvalue weighted by molar-refractivity contribution is 0.561. The Bertz CT molecular complexity index is 689. The number of aromatic nitrogens is 2. The van der Waals surface area contributed by atoms with Crippen molar-refractivity contribution in [2.75, 3.05) is 0 Å². The van der Waals surface area contributed by atoms with Crippen molar-refractivity contribution in [2.45, 2.75) is 32.6 Å². The van der Waals surface area contributed by atoms with Crippen LogP contribution in [-0.4, -0.2) is 9.97 Å². The average Bonchev–Trinajstić information content (AvgIpc) is 2.33. The van der Waals surface area contributed by atoms with Gasteiger partial charge in [-0.3, -0.25) is 0 Å². The number of rotatable bonds is 2. The lowest BCUT2D eigenvalue weighted by Crippen LogP contribution is -2.15. The van der Waals surface area contributed by atoms with Crippen LogP contribution in [0.1, 0.15) is 37.9 Å². The highest BCUT2D eigenvalue weighted by Gasteiger charge is 2.16. The molecule has 0 atom stereocenters. The van der Waals surface area contributed by atoms with Crippen molar-refractivity contribution in [3.05, 3.63) is 56.8 Å². The maximum Gasteiger partial charge on any atom is 0.145 e. The van der Waals surface area contributed by atoms with Gasteiger partial charge in [-0.15, -0.1) is 0 Å². The van der Waals surface area contributed by atoms with Crippen LogP contribution >= 0.6 is 23.8 Å². The molecule has 106 valence electrons. The number of nitrogens with zero attached hydrogens (tertiary/aromatic N) is 1. The molecule has 1 aromatic heterocycles. The summed E-state index contributed by atoms with van der Waals surface area (Å²) in [6, 6.07) is 6.79. The summed E-state index contributed by atoms with van der Waals surface area (Å²) in [4.78, 5) is 7.50. The molecular formula is C15H16ClFN2S. The minimum Gasteiger partial charge on any atom is -0.346 e. The Balaban J connectivity index is 2.42. The van der Waals surface area contributed by atoms with Gasteiger partial charge in [0.15, 0.2) is 0 Å². The number of benzene rings is 1. The van der Waals surface area contributed by atoms with Gasteiger partial charge in [-0.05, 0) is 17.7 Å². The smallest absolute Gasteiger partial charge is 0.145 e. The topological polar surface area (TPSA) is 28.7 Å². The van der Waals surface area contributed by atoms with E-state index in [4.69, 9.17) is 23.8 Å². The van der Waals surface area contributed by atoms with Gasteiger partial charge in [0.2, 0.25) is 0 Å².